The molecule has 1 atom stereocenters. The summed E-state index contributed by atoms with van der Waals surface area (Å²) in [7, 11) is 0. The molecule has 1 heterocycles. The summed E-state index contributed by atoms with van der Waals surface area (Å²) in [5.74, 6) is -2.87. The number of benzene rings is 2. The summed E-state index contributed by atoms with van der Waals surface area (Å²) in [4.78, 5) is 29.8. The van der Waals surface area contributed by atoms with Gasteiger partial charge < -0.3 is 15.1 Å². The van der Waals surface area contributed by atoms with E-state index in [9.17, 15) is 27.2 Å². The van der Waals surface area contributed by atoms with Gasteiger partial charge in [-0.15, -0.1) is 0 Å². The molecule has 1 aliphatic heterocycles. The normalized spacial score (nSPS) is 15.8. The van der Waals surface area contributed by atoms with Crippen LogP contribution in [0.2, 0.25) is 0 Å². The zero-order valence-corrected chi connectivity index (χ0v) is 16.4. The quantitative estimate of drug-likeness (QED) is 0.698. The van der Waals surface area contributed by atoms with Crippen LogP contribution in [0.15, 0.2) is 53.7 Å². The van der Waals surface area contributed by atoms with Gasteiger partial charge in [-0.25, -0.2) is 4.39 Å². The van der Waals surface area contributed by atoms with Crippen molar-refractivity contribution in [3.05, 3.63) is 65.5 Å². The molecule has 2 amide bonds. The van der Waals surface area contributed by atoms with Gasteiger partial charge in [-0.3, -0.25) is 9.59 Å². The molecule has 31 heavy (non-hydrogen) atoms. The molecular weight excluding hydrogens is 418 g/mol. The Morgan fingerprint density at radius 3 is 2.61 bits per heavy atom. The minimum absolute atomic E-state index is 0.120. The third-order valence-corrected chi connectivity index (χ3v) is 4.60. The molecule has 6 nitrogen and oxygen atoms in total. The topological polar surface area (TPSA) is 71.0 Å². The Hall–Kier alpha value is -3.43. The van der Waals surface area contributed by atoms with Crippen LogP contribution in [0.25, 0.3) is 0 Å². The minimum Gasteiger partial charge on any atom is -0.382 e. The Balaban J connectivity index is 1.62. The number of nitrogens with zero attached hydrogens (tertiary/aromatic N) is 2. The van der Waals surface area contributed by atoms with Gasteiger partial charge in [0, 0.05) is 30.8 Å². The molecule has 2 aromatic carbocycles. The molecule has 164 valence electrons. The van der Waals surface area contributed by atoms with Crippen molar-refractivity contribution in [2.24, 2.45) is 5.16 Å². The highest BCUT2D eigenvalue weighted by Crippen LogP contribution is 2.22. The summed E-state index contributed by atoms with van der Waals surface area (Å²) >= 11 is 0. The molecular formula is C21H19F4N3O3. The number of nitrogens with one attached hydrogen (secondary N) is 1. The monoisotopic (exact) mass is 437 g/mol. The zero-order chi connectivity index (χ0) is 22.6. The van der Waals surface area contributed by atoms with E-state index in [2.05, 4.69) is 10.5 Å². The second kappa shape index (κ2) is 9.15. The lowest BCUT2D eigenvalue weighted by atomic mass is 10.0. The molecule has 0 radical (unpaired) electrons. The maximum absolute atomic E-state index is 13.4. The molecule has 0 spiro atoms. The Bertz CT molecular complexity index is 1010. The second-order valence-electron chi connectivity index (χ2n) is 6.85. The molecule has 1 aliphatic rings. The van der Waals surface area contributed by atoms with Crippen LogP contribution in [-0.2, 0) is 21.0 Å². The van der Waals surface area contributed by atoms with E-state index in [0.29, 0.717) is 27.4 Å². The van der Waals surface area contributed by atoms with Crippen molar-refractivity contribution in [2.75, 3.05) is 11.9 Å². The maximum Gasteiger partial charge on any atom is 0.471 e. The number of halogens is 4. The molecule has 0 aromatic heterocycles. The van der Waals surface area contributed by atoms with Gasteiger partial charge in [0.2, 0.25) is 6.10 Å². The van der Waals surface area contributed by atoms with E-state index < -0.39 is 29.9 Å². The highest BCUT2D eigenvalue weighted by atomic mass is 19.4. The summed E-state index contributed by atoms with van der Waals surface area (Å²) < 4.78 is 51.5. The molecule has 0 saturated carbocycles. The number of anilines is 1. The molecule has 1 unspecified atom stereocenters. The standard InChI is InChI=1S/C21H19F4N3O3/c1-2-28(20(30)21(23,24)25)12-13-5-3-8-16(9-13)26-19(29)18-11-17(27-31-18)14-6-4-7-15(22)10-14/h3-10,18H,2,11-12H2,1H3,(H,26,29). The smallest absolute Gasteiger partial charge is 0.382 e. The van der Waals surface area contributed by atoms with E-state index in [1.54, 1.807) is 24.3 Å². The first-order valence-electron chi connectivity index (χ1n) is 9.42. The molecule has 0 saturated heterocycles. The molecule has 0 bridgehead atoms. The van der Waals surface area contributed by atoms with Crippen LogP contribution in [0.1, 0.15) is 24.5 Å². The Morgan fingerprint density at radius 2 is 1.94 bits per heavy atom. The lowest BCUT2D eigenvalue weighted by Gasteiger charge is -2.22. The minimum atomic E-state index is -4.96. The van der Waals surface area contributed by atoms with Gasteiger partial charge in [-0.05, 0) is 36.8 Å². The second-order valence-corrected chi connectivity index (χ2v) is 6.85. The number of hydrogen-bond donors (Lipinski definition) is 1. The lowest BCUT2D eigenvalue weighted by molar-refractivity contribution is -0.185. The van der Waals surface area contributed by atoms with Crippen LogP contribution in [0, 0.1) is 5.82 Å². The molecule has 0 fully saturated rings. The fourth-order valence-electron chi connectivity index (χ4n) is 3.05. The van der Waals surface area contributed by atoms with Crippen molar-refractivity contribution in [1.82, 2.24) is 4.90 Å². The largest absolute Gasteiger partial charge is 0.471 e. The van der Waals surface area contributed by atoms with E-state index in [1.165, 1.54) is 31.2 Å². The van der Waals surface area contributed by atoms with Gasteiger partial charge in [-0.1, -0.05) is 29.4 Å². The maximum atomic E-state index is 13.4. The molecule has 3 rings (SSSR count). The number of oxime groups is 1. The third kappa shape index (κ3) is 5.59. The number of amides is 2. The van der Waals surface area contributed by atoms with Crippen molar-refractivity contribution in [2.45, 2.75) is 32.2 Å². The van der Waals surface area contributed by atoms with Crippen molar-refractivity contribution in [3.8, 4) is 0 Å². The van der Waals surface area contributed by atoms with Crippen LogP contribution in [0.5, 0.6) is 0 Å². The van der Waals surface area contributed by atoms with Crippen molar-refractivity contribution >= 4 is 23.2 Å². The van der Waals surface area contributed by atoms with E-state index >= 15 is 0 Å². The van der Waals surface area contributed by atoms with Crippen LogP contribution < -0.4 is 5.32 Å². The first-order chi connectivity index (χ1) is 14.7. The van der Waals surface area contributed by atoms with Gasteiger partial charge in [0.15, 0.2) is 0 Å². The summed E-state index contributed by atoms with van der Waals surface area (Å²) in [6.45, 7) is 1.07. The van der Waals surface area contributed by atoms with E-state index in [1.807, 2.05) is 0 Å². The third-order valence-electron chi connectivity index (χ3n) is 4.60. The van der Waals surface area contributed by atoms with E-state index in [4.69, 9.17) is 4.84 Å². The molecule has 1 N–H and O–H groups in total. The van der Waals surface area contributed by atoms with Crippen LogP contribution in [0.3, 0.4) is 0 Å². The zero-order valence-electron chi connectivity index (χ0n) is 16.4. The average molecular weight is 437 g/mol. The van der Waals surface area contributed by atoms with Gasteiger partial charge in [0.25, 0.3) is 5.91 Å². The number of alkyl halides is 3. The first-order valence-corrected chi connectivity index (χ1v) is 9.42. The first kappa shape index (κ1) is 22.3. The van der Waals surface area contributed by atoms with Gasteiger partial charge >= 0.3 is 12.1 Å². The highest BCUT2D eigenvalue weighted by molar-refractivity contribution is 6.06. The average Bonchev–Trinajstić information content (AvgIpc) is 3.22. The lowest BCUT2D eigenvalue weighted by Crippen LogP contribution is -2.40. The predicted octanol–water partition coefficient (Wildman–Crippen LogP) is 3.87. The number of carbonyl (C=O) groups is 2. The highest BCUT2D eigenvalue weighted by Gasteiger charge is 2.41. The molecule has 10 heteroatoms. The number of rotatable bonds is 6. The number of carbonyl (C=O) groups excluding carboxylic acids is 2. The summed E-state index contributed by atoms with van der Waals surface area (Å²) in [6, 6.07) is 11.9. The predicted molar refractivity (Wildman–Crippen MR) is 105 cm³/mol. The van der Waals surface area contributed by atoms with Crippen molar-refractivity contribution in [1.29, 1.82) is 0 Å². The fourth-order valence-corrected chi connectivity index (χ4v) is 3.05. The van der Waals surface area contributed by atoms with Crippen LogP contribution >= 0.6 is 0 Å². The SMILES string of the molecule is CCN(Cc1cccc(NC(=O)C2CC(c3cccc(F)c3)=NO2)c1)C(=O)C(F)(F)F. The summed E-state index contributed by atoms with van der Waals surface area (Å²) in [5.41, 5.74) is 1.69. The van der Waals surface area contributed by atoms with Gasteiger partial charge in [-0.2, -0.15) is 13.2 Å². The Kier molecular flexibility index (Phi) is 6.57. The summed E-state index contributed by atoms with van der Waals surface area (Å²) in [5, 5.41) is 6.46. The van der Waals surface area contributed by atoms with Crippen LogP contribution in [-0.4, -0.2) is 41.3 Å². The Morgan fingerprint density at radius 1 is 1.19 bits per heavy atom. The van der Waals surface area contributed by atoms with Crippen molar-refractivity contribution < 1.29 is 32.0 Å². The molecule has 0 aliphatic carbocycles. The summed E-state index contributed by atoms with van der Waals surface area (Å²) in [6.07, 6.45) is -5.75. The van der Waals surface area contributed by atoms with Crippen molar-refractivity contribution in [3.63, 3.8) is 0 Å². The molecule has 2 aromatic rings. The van der Waals surface area contributed by atoms with Gasteiger partial charge in [0.1, 0.15) is 5.82 Å². The fraction of sp³-hybridized carbons (Fsp3) is 0.286. The van der Waals surface area contributed by atoms with Crippen LogP contribution in [0.4, 0.5) is 23.2 Å². The van der Waals surface area contributed by atoms with E-state index in [0.717, 1.165) is 0 Å². The number of hydrogen-bond acceptors (Lipinski definition) is 4. The van der Waals surface area contributed by atoms with Gasteiger partial charge in [0.05, 0.1) is 5.71 Å². The Labute approximate surface area is 175 Å². The van der Waals surface area contributed by atoms with E-state index in [-0.39, 0.29) is 19.5 Å².